The maximum atomic E-state index is 13.2. The van der Waals surface area contributed by atoms with Gasteiger partial charge in [0.1, 0.15) is 0 Å². The maximum Gasteiger partial charge on any atom is 0.270 e. The van der Waals surface area contributed by atoms with Crippen molar-refractivity contribution < 1.29 is 9.72 Å². The first-order valence-electron chi connectivity index (χ1n) is 8.85. The van der Waals surface area contributed by atoms with E-state index in [1.54, 1.807) is 18.2 Å². The molecule has 0 saturated carbocycles. The van der Waals surface area contributed by atoms with Crippen LogP contribution < -0.4 is 0 Å². The molecular weight excluding hydrogens is 328 g/mol. The van der Waals surface area contributed by atoms with Crippen molar-refractivity contribution in [2.75, 3.05) is 13.1 Å². The molecule has 0 radical (unpaired) electrons. The van der Waals surface area contributed by atoms with Crippen LogP contribution in [0.25, 0.3) is 11.6 Å². The summed E-state index contributed by atoms with van der Waals surface area (Å²) in [6, 6.07) is 15.8. The number of rotatable bonds is 4. The molecule has 0 bridgehead atoms. The van der Waals surface area contributed by atoms with Crippen LogP contribution in [0.1, 0.15) is 30.9 Å². The zero-order valence-corrected chi connectivity index (χ0v) is 14.8. The zero-order valence-electron chi connectivity index (χ0n) is 14.8. The highest BCUT2D eigenvalue weighted by molar-refractivity contribution is 6.24. The first-order chi connectivity index (χ1) is 12.5. The summed E-state index contributed by atoms with van der Waals surface area (Å²) < 4.78 is 0. The number of likely N-dealkylation sites (tertiary alicyclic amines) is 1. The molecule has 1 aliphatic heterocycles. The number of nitrogens with zero attached hydrogens (tertiary/aromatic N) is 2. The maximum absolute atomic E-state index is 13.2. The van der Waals surface area contributed by atoms with Crippen LogP contribution in [-0.4, -0.2) is 28.8 Å². The number of hydrogen-bond acceptors (Lipinski definition) is 3. The second-order valence-corrected chi connectivity index (χ2v) is 6.77. The fraction of sp³-hybridized carbons (Fsp3) is 0.286. The van der Waals surface area contributed by atoms with Crippen LogP contribution in [0.5, 0.6) is 0 Å². The molecule has 1 heterocycles. The molecule has 0 spiro atoms. The van der Waals surface area contributed by atoms with Crippen LogP contribution in [0, 0.1) is 16.0 Å². The van der Waals surface area contributed by atoms with Crippen LogP contribution in [0.2, 0.25) is 0 Å². The van der Waals surface area contributed by atoms with Gasteiger partial charge < -0.3 is 4.90 Å². The Labute approximate surface area is 153 Å². The van der Waals surface area contributed by atoms with Gasteiger partial charge in [-0.15, -0.1) is 0 Å². The second-order valence-electron chi connectivity index (χ2n) is 6.77. The largest absolute Gasteiger partial charge is 0.338 e. The molecule has 2 aromatic rings. The number of piperidine rings is 1. The molecule has 1 atom stereocenters. The third-order valence-electron chi connectivity index (χ3n) is 4.65. The molecule has 0 unspecified atom stereocenters. The predicted molar refractivity (Wildman–Crippen MR) is 102 cm³/mol. The summed E-state index contributed by atoms with van der Waals surface area (Å²) in [5, 5.41) is 11.0. The number of non-ortho nitro benzene ring substituents is 1. The molecule has 5 heteroatoms. The molecular formula is C21H22N2O3. The number of amides is 1. The van der Waals surface area contributed by atoms with E-state index >= 15 is 0 Å². The number of nitro benzene ring substituents is 1. The van der Waals surface area contributed by atoms with Crippen LogP contribution in [-0.2, 0) is 4.79 Å². The normalized spacial score (nSPS) is 17.8. The van der Waals surface area contributed by atoms with Crippen molar-refractivity contribution >= 4 is 23.2 Å². The van der Waals surface area contributed by atoms with Crippen molar-refractivity contribution in [1.82, 2.24) is 4.90 Å². The van der Waals surface area contributed by atoms with E-state index in [9.17, 15) is 14.9 Å². The van der Waals surface area contributed by atoms with Crippen LogP contribution in [0.3, 0.4) is 0 Å². The summed E-state index contributed by atoms with van der Waals surface area (Å²) in [6.45, 7) is 3.66. The van der Waals surface area contributed by atoms with E-state index in [0.717, 1.165) is 31.5 Å². The minimum atomic E-state index is -0.423. The van der Waals surface area contributed by atoms with Gasteiger partial charge in [0.25, 0.3) is 11.6 Å². The standard InChI is InChI=1S/C21H22N2O3/c1-16-7-6-12-22(15-16)21(24)20(18-9-3-2-4-10-18)14-17-8-5-11-19(13-17)23(25)26/h2-5,8-11,13-14,16H,6-7,12,15H2,1H3/b20-14+/t16-/m1/s1. The van der Waals surface area contributed by atoms with Crippen LogP contribution in [0.15, 0.2) is 54.6 Å². The van der Waals surface area contributed by atoms with Gasteiger partial charge in [0.2, 0.25) is 0 Å². The van der Waals surface area contributed by atoms with E-state index in [-0.39, 0.29) is 11.6 Å². The lowest BCUT2D eigenvalue weighted by Crippen LogP contribution is -2.39. The van der Waals surface area contributed by atoms with E-state index in [0.29, 0.717) is 17.1 Å². The fourth-order valence-corrected chi connectivity index (χ4v) is 3.33. The summed E-state index contributed by atoms with van der Waals surface area (Å²) >= 11 is 0. The minimum Gasteiger partial charge on any atom is -0.338 e. The highest BCUT2D eigenvalue weighted by Gasteiger charge is 2.24. The van der Waals surface area contributed by atoms with E-state index in [1.165, 1.54) is 12.1 Å². The van der Waals surface area contributed by atoms with Gasteiger partial charge in [0, 0.05) is 30.8 Å². The monoisotopic (exact) mass is 350 g/mol. The number of benzene rings is 2. The Balaban J connectivity index is 2.00. The Morgan fingerprint density at radius 3 is 2.65 bits per heavy atom. The lowest BCUT2D eigenvalue weighted by molar-refractivity contribution is -0.384. The Hall–Kier alpha value is -2.95. The SMILES string of the molecule is C[C@@H]1CCCN(C(=O)/C(=C/c2cccc([N+](=O)[O-])c2)c2ccccc2)C1. The Bertz CT molecular complexity index is 830. The number of nitro groups is 1. The van der Waals surface area contributed by atoms with Gasteiger partial charge in [0.05, 0.1) is 4.92 Å². The van der Waals surface area contributed by atoms with Crippen molar-refractivity contribution in [3.05, 3.63) is 75.8 Å². The van der Waals surface area contributed by atoms with Crippen molar-refractivity contribution in [2.24, 2.45) is 5.92 Å². The predicted octanol–water partition coefficient (Wildman–Crippen LogP) is 4.39. The molecule has 5 nitrogen and oxygen atoms in total. The van der Waals surface area contributed by atoms with Gasteiger partial charge in [-0.1, -0.05) is 49.4 Å². The zero-order chi connectivity index (χ0) is 18.5. The molecule has 2 aromatic carbocycles. The second kappa shape index (κ2) is 7.95. The quantitative estimate of drug-likeness (QED) is 0.355. The Morgan fingerprint density at radius 1 is 1.19 bits per heavy atom. The fourth-order valence-electron chi connectivity index (χ4n) is 3.33. The number of carbonyl (C=O) groups is 1. The third-order valence-corrected chi connectivity index (χ3v) is 4.65. The highest BCUT2D eigenvalue weighted by Crippen LogP contribution is 2.25. The molecule has 1 fully saturated rings. The highest BCUT2D eigenvalue weighted by atomic mass is 16.6. The lowest BCUT2D eigenvalue weighted by Gasteiger charge is -2.31. The molecule has 1 amide bonds. The first kappa shape index (κ1) is 17.9. The van der Waals surface area contributed by atoms with Crippen molar-refractivity contribution in [3.8, 4) is 0 Å². The van der Waals surface area contributed by atoms with Gasteiger partial charge >= 0.3 is 0 Å². The lowest BCUT2D eigenvalue weighted by atomic mass is 9.97. The number of carbonyl (C=O) groups excluding carboxylic acids is 1. The summed E-state index contributed by atoms with van der Waals surface area (Å²) in [5.41, 5.74) is 2.06. The smallest absolute Gasteiger partial charge is 0.270 e. The molecule has 134 valence electrons. The summed E-state index contributed by atoms with van der Waals surface area (Å²) in [5.74, 6) is 0.469. The average Bonchev–Trinajstić information content (AvgIpc) is 2.66. The Morgan fingerprint density at radius 2 is 1.96 bits per heavy atom. The van der Waals surface area contributed by atoms with E-state index < -0.39 is 4.92 Å². The van der Waals surface area contributed by atoms with Gasteiger partial charge in [-0.3, -0.25) is 14.9 Å². The molecule has 3 rings (SSSR count). The average molecular weight is 350 g/mol. The van der Waals surface area contributed by atoms with E-state index in [2.05, 4.69) is 6.92 Å². The van der Waals surface area contributed by atoms with Crippen LogP contribution >= 0.6 is 0 Å². The van der Waals surface area contributed by atoms with Crippen LogP contribution in [0.4, 0.5) is 5.69 Å². The summed E-state index contributed by atoms with van der Waals surface area (Å²) in [6.07, 6.45) is 3.90. The van der Waals surface area contributed by atoms with Gasteiger partial charge in [-0.05, 0) is 36.0 Å². The third kappa shape index (κ3) is 4.17. The van der Waals surface area contributed by atoms with Gasteiger partial charge in [-0.2, -0.15) is 0 Å². The van der Waals surface area contributed by atoms with Gasteiger partial charge in [0.15, 0.2) is 0 Å². The molecule has 1 saturated heterocycles. The van der Waals surface area contributed by atoms with Gasteiger partial charge in [-0.25, -0.2) is 0 Å². The van der Waals surface area contributed by atoms with E-state index in [1.807, 2.05) is 35.2 Å². The molecule has 0 aliphatic carbocycles. The van der Waals surface area contributed by atoms with Crippen molar-refractivity contribution in [2.45, 2.75) is 19.8 Å². The molecule has 26 heavy (non-hydrogen) atoms. The molecule has 1 aliphatic rings. The molecule has 0 aromatic heterocycles. The topological polar surface area (TPSA) is 63.5 Å². The van der Waals surface area contributed by atoms with Crippen molar-refractivity contribution in [1.29, 1.82) is 0 Å². The van der Waals surface area contributed by atoms with E-state index in [4.69, 9.17) is 0 Å². The summed E-state index contributed by atoms with van der Waals surface area (Å²) in [4.78, 5) is 25.7. The molecule has 0 N–H and O–H groups in total. The minimum absolute atomic E-state index is 0.0187. The summed E-state index contributed by atoms with van der Waals surface area (Å²) in [7, 11) is 0. The number of hydrogen-bond donors (Lipinski definition) is 0. The Kier molecular flexibility index (Phi) is 5.46. The first-order valence-corrected chi connectivity index (χ1v) is 8.85. The van der Waals surface area contributed by atoms with Crippen molar-refractivity contribution in [3.63, 3.8) is 0 Å².